The van der Waals surface area contributed by atoms with E-state index < -0.39 is 4.92 Å². The van der Waals surface area contributed by atoms with Crippen LogP contribution < -0.4 is 5.32 Å². The topological polar surface area (TPSA) is 81.5 Å². The van der Waals surface area contributed by atoms with Crippen LogP contribution in [0.2, 0.25) is 0 Å². The maximum absolute atomic E-state index is 11.9. The van der Waals surface area contributed by atoms with Crippen molar-refractivity contribution in [2.45, 2.75) is 18.2 Å². The maximum Gasteiger partial charge on any atom is 0.272 e. The van der Waals surface area contributed by atoms with Crippen molar-refractivity contribution >= 4 is 27.5 Å². The molecular formula is C13H17BrN2O4. The van der Waals surface area contributed by atoms with E-state index in [2.05, 4.69) is 21.2 Å². The zero-order chi connectivity index (χ0) is 15.1. The molecule has 1 N–H and O–H groups in total. The third kappa shape index (κ3) is 4.90. The number of benzene rings is 1. The first kappa shape index (κ1) is 16.6. The second-order valence-corrected chi connectivity index (χ2v) is 5.65. The van der Waals surface area contributed by atoms with Gasteiger partial charge in [-0.1, -0.05) is 15.9 Å². The van der Waals surface area contributed by atoms with Crippen LogP contribution in [0.3, 0.4) is 0 Å². The molecule has 0 aliphatic heterocycles. The lowest BCUT2D eigenvalue weighted by atomic mass is 10.1. The van der Waals surface area contributed by atoms with E-state index in [0.29, 0.717) is 24.3 Å². The van der Waals surface area contributed by atoms with Gasteiger partial charge in [-0.15, -0.1) is 0 Å². The SMILES string of the molecule is COCC(Br)CCNC(=O)c1ccc([N+](=O)[O-])c(C)c1. The number of hydrogen-bond donors (Lipinski definition) is 1. The lowest BCUT2D eigenvalue weighted by Crippen LogP contribution is -2.27. The van der Waals surface area contributed by atoms with Gasteiger partial charge in [0.05, 0.1) is 11.5 Å². The number of nitro groups is 1. The Kier molecular flexibility index (Phi) is 6.60. The second kappa shape index (κ2) is 7.96. The predicted octanol–water partition coefficient (Wildman–Crippen LogP) is 2.43. The number of hydrogen-bond acceptors (Lipinski definition) is 4. The van der Waals surface area contributed by atoms with Crippen LogP contribution in [-0.2, 0) is 4.74 Å². The summed E-state index contributed by atoms with van der Waals surface area (Å²) >= 11 is 3.43. The minimum absolute atomic E-state index is 0.0159. The van der Waals surface area contributed by atoms with Gasteiger partial charge in [0.1, 0.15) is 0 Å². The summed E-state index contributed by atoms with van der Waals surface area (Å²) in [5.41, 5.74) is 0.911. The molecule has 0 fully saturated rings. The fraction of sp³-hybridized carbons (Fsp3) is 0.462. The van der Waals surface area contributed by atoms with Crippen molar-refractivity contribution in [1.82, 2.24) is 5.32 Å². The fourth-order valence-corrected chi connectivity index (χ4v) is 2.20. The molecule has 1 atom stereocenters. The average Bonchev–Trinajstić information content (AvgIpc) is 2.38. The van der Waals surface area contributed by atoms with Crippen molar-refractivity contribution in [3.8, 4) is 0 Å². The Labute approximate surface area is 125 Å². The van der Waals surface area contributed by atoms with Crippen molar-refractivity contribution in [1.29, 1.82) is 0 Å². The van der Waals surface area contributed by atoms with Gasteiger partial charge in [-0.05, 0) is 25.5 Å². The van der Waals surface area contributed by atoms with E-state index >= 15 is 0 Å². The number of carbonyl (C=O) groups excluding carboxylic acids is 1. The van der Waals surface area contributed by atoms with E-state index in [1.54, 1.807) is 14.0 Å². The number of nitro benzene ring substituents is 1. The number of rotatable bonds is 7. The van der Waals surface area contributed by atoms with Gasteiger partial charge in [-0.2, -0.15) is 0 Å². The maximum atomic E-state index is 11.9. The van der Waals surface area contributed by atoms with E-state index in [-0.39, 0.29) is 16.4 Å². The largest absolute Gasteiger partial charge is 0.384 e. The van der Waals surface area contributed by atoms with Crippen LogP contribution in [0.4, 0.5) is 5.69 Å². The first-order valence-corrected chi connectivity index (χ1v) is 7.03. The Morgan fingerprint density at radius 2 is 2.25 bits per heavy atom. The van der Waals surface area contributed by atoms with Gasteiger partial charge in [0, 0.05) is 35.7 Å². The van der Waals surface area contributed by atoms with Gasteiger partial charge in [-0.25, -0.2) is 0 Å². The molecule has 7 heteroatoms. The first-order valence-electron chi connectivity index (χ1n) is 6.12. The summed E-state index contributed by atoms with van der Waals surface area (Å²) in [6.45, 7) is 2.70. The zero-order valence-corrected chi connectivity index (χ0v) is 13.0. The van der Waals surface area contributed by atoms with E-state index in [0.717, 1.165) is 6.42 Å². The van der Waals surface area contributed by atoms with Crippen LogP contribution in [-0.4, -0.2) is 35.9 Å². The predicted molar refractivity (Wildman–Crippen MR) is 79.4 cm³/mol. The second-order valence-electron chi connectivity index (χ2n) is 4.36. The highest BCUT2D eigenvalue weighted by molar-refractivity contribution is 9.09. The molecule has 0 aliphatic carbocycles. The first-order chi connectivity index (χ1) is 9.45. The summed E-state index contributed by atoms with van der Waals surface area (Å²) < 4.78 is 4.97. The molecule has 0 saturated carbocycles. The van der Waals surface area contributed by atoms with Gasteiger partial charge in [0.25, 0.3) is 11.6 Å². The molecule has 0 saturated heterocycles. The highest BCUT2D eigenvalue weighted by Crippen LogP contribution is 2.18. The molecule has 1 rings (SSSR count). The molecule has 1 amide bonds. The Hall–Kier alpha value is -1.47. The summed E-state index contributed by atoms with van der Waals surface area (Å²) in [4.78, 5) is 22.3. The number of carbonyl (C=O) groups is 1. The van der Waals surface area contributed by atoms with E-state index in [4.69, 9.17) is 4.74 Å². The Balaban J connectivity index is 2.56. The van der Waals surface area contributed by atoms with Gasteiger partial charge >= 0.3 is 0 Å². The number of amides is 1. The molecule has 6 nitrogen and oxygen atoms in total. The van der Waals surface area contributed by atoms with Gasteiger partial charge in [0.2, 0.25) is 0 Å². The molecule has 0 aliphatic rings. The standard InChI is InChI=1S/C13H17BrN2O4/c1-9-7-10(3-4-12(9)16(18)19)13(17)15-6-5-11(14)8-20-2/h3-4,7,11H,5-6,8H2,1-2H3,(H,15,17). The van der Waals surface area contributed by atoms with E-state index in [9.17, 15) is 14.9 Å². The monoisotopic (exact) mass is 344 g/mol. The van der Waals surface area contributed by atoms with Crippen molar-refractivity contribution in [3.05, 3.63) is 39.4 Å². The molecular weight excluding hydrogens is 328 g/mol. The van der Waals surface area contributed by atoms with Crippen LogP contribution in [0.5, 0.6) is 0 Å². The molecule has 20 heavy (non-hydrogen) atoms. The summed E-state index contributed by atoms with van der Waals surface area (Å²) in [7, 11) is 1.62. The molecule has 1 aromatic carbocycles. The number of nitrogens with zero attached hydrogens (tertiary/aromatic N) is 1. The summed E-state index contributed by atoms with van der Waals surface area (Å²) in [5.74, 6) is -0.236. The number of halogens is 1. The highest BCUT2D eigenvalue weighted by atomic mass is 79.9. The van der Waals surface area contributed by atoms with Crippen LogP contribution in [0.1, 0.15) is 22.3 Å². The normalized spacial score (nSPS) is 11.9. The number of methoxy groups -OCH3 is 1. The van der Waals surface area contributed by atoms with Crippen molar-refractivity contribution in [2.24, 2.45) is 0 Å². The molecule has 110 valence electrons. The molecule has 0 bridgehead atoms. The van der Waals surface area contributed by atoms with Gasteiger partial charge < -0.3 is 10.1 Å². The van der Waals surface area contributed by atoms with E-state index in [1.807, 2.05) is 0 Å². The number of alkyl halides is 1. The Morgan fingerprint density at radius 1 is 1.55 bits per heavy atom. The summed E-state index contributed by atoms with van der Waals surface area (Å²) in [6.07, 6.45) is 0.742. The van der Waals surface area contributed by atoms with E-state index in [1.165, 1.54) is 18.2 Å². The molecule has 1 unspecified atom stereocenters. The van der Waals surface area contributed by atoms with Gasteiger partial charge in [-0.3, -0.25) is 14.9 Å². The molecule has 1 aromatic rings. The average molecular weight is 345 g/mol. The van der Waals surface area contributed by atoms with Crippen LogP contribution >= 0.6 is 15.9 Å². The summed E-state index contributed by atoms with van der Waals surface area (Å²) in [6, 6.07) is 4.33. The zero-order valence-electron chi connectivity index (χ0n) is 11.4. The molecule has 0 spiro atoms. The molecule has 0 radical (unpaired) electrons. The third-order valence-corrected chi connectivity index (χ3v) is 3.47. The number of aryl methyl sites for hydroxylation is 1. The lowest BCUT2D eigenvalue weighted by molar-refractivity contribution is -0.385. The van der Waals surface area contributed by atoms with Crippen LogP contribution in [0.15, 0.2) is 18.2 Å². The molecule has 0 aromatic heterocycles. The fourth-order valence-electron chi connectivity index (χ4n) is 1.71. The minimum Gasteiger partial charge on any atom is -0.384 e. The van der Waals surface area contributed by atoms with Gasteiger partial charge in [0.15, 0.2) is 0 Å². The molecule has 0 heterocycles. The summed E-state index contributed by atoms with van der Waals surface area (Å²) in [5, 5.41) is 13.5. The van der Waals surface area contributed by atoms with Crippen molar-refractivity contribution in [3.63, 3.8) is 0 Å². The smallest absolute Gasteiger partial charge is 0.272 e. The van der Waals surface area contributed by atoms with Crippen molar-refractivity contribution in [2.75, 3.05) is 20.3 Å². The third-order valence-electron chi connectivity index (χ3n) is 2.75. The van der Waals surface area contributed by atoms with Crippen LogP contribution in [0, 0.1) is 17.0 Å². The van der Waals surface area contributed by atoms with Crippen molar-refractivity contribution < 1.29 is 14.5 Å². The highest BCUT2D eigenvalue weighted by Gasteiger charge is 2.13. The lowest BCUT2D eigenvalue weighted by Gasteiger charge is -2.09. The van der Waals surface area contributed by atoms with Crippen LogP contribution in [0.25, 0.3) is 0 Å². The number of nitrogens with one attached hydrogen (secondary N) is 1. The quantitative estimate of drug-likeness (QED) is 0.468. The minimum atomic E-state index is -0.461. The number of ether oxygens (including phenoxy) is 1. The Morgan fingerprint density at radius 3 is 2.80 bits per heavy atom. The Bertz CT molecular complexity index is 493.